The number of hydrogen-bond acceptors (Lipinski definition) is 3. The van der Waals surface area contributed by atoms with Crippen LogP contribution in [0.3, 0.4) is 0 Å². The molecule has 0 aromatic heterocycles. The highest BCUT2D eigenvalue weighted by Crippen LogP contribution is 2.39. The molecule has 2 nitrogen and oxygen atoms in total. The average Bonchev–Trinajstić information content (AvgIpc) is 2.58. The van der Waals surface area contributed by atoms with E-state index in [1.54, 1.807) is 0 Å². The SMILES string of the molecule is CC1CC1C(=O)OC1CCSC1. The van der Waals surface area contributed by atoms with E-state index < -0.39 is 0 Å². The fraction of sp³-hybridized carbons (Fsp3) is 0.889. The van der Waals surface area contributed by atoms with Crippen molar-refractivity contribution in [3.63, 3.8) is 0 Å². The molecule has 0 aromatic rings. The summed E-state index contributed by atoms with van der Waals surface area (Å²) in [4.78, 5) is 11.3. The molecular weight excluding hydrogens is 172 g/mol. The van der Waals surface area contributed by atoms with Crippen LogP contribution in [0.15, 0.2) is 0 Å². The highest BCUT2D eigenvalue weighted by Gasteiger charge is 2.41. The van der Waals surface area contributed by atoms with E-state index in [0.717, 1.165) is 24.3 Å². The Morgan fingerprint density at radius 3 is 2.83 bits per heavy atom. The fourth-order valence-electron chi connectivity index (χ4n) is 1.51. The number of esters is 1. The van der Waals surface area contributed by atoms with Gasteiger partial charge in [0.2, 0.25) is 0 Å². The van der Waals surface area contributed by atoms with Crippen LogP contribution in [0.2, 0.25) is 0 Å². The summed E-state index contributed by atoms with van der Waals surface area (Å²) in [5.41, 5.74) is 0. The molecule has 3 heteroatoms. The number of thioether (sulfide) groups is 1. The van der Waals surface area contributed by atoms with E-state index in [2.05, 4.69) is 6.92 Å². The lowest BCUT2D eigenvalue weighted by Gasteiger charge is -2.09. The normalized spacial score (nSPS) is 39.6. The molecule has 3 atom stereocenters. The summed E-state index contributed by atoms with van der Waals surface area (Å²) in [5, 5.41) is 0. The van der Waals surface area contributed by atoms with Crippen LogP contribution in [0, 0.1) is 11.8 Å². The van der Waals surface area contributed by atoms with Crippen molar-refractivity contribution in [1.29, 1.82) is 0 Å². The third kappa shape index (κ3) is 1.76. The summed E-state index contributed by atoms with van der Waals surface area (Å²) in [5.74, 6) is 3.02. The number of carbonyl (C=O) groups excluding carboxylic acids is 1. The molecule has 1 aliphatic heterocycles. The van der Waals surface area contributed by atoms with Crippen molar-refractivity contribution in [2.45, 2.75) is 25.9 Å². The van der Waals surface area contributed by atoms with Gasteiger partial charge < -0.3 is 4.74 Å². The maximum atomic E-state index is 11.3. The van der Waals surface area contributed by atoms with Crippen molar-refractivity contribution in [2.24, 2.45) is 11.8 Å². The topological polar surface area (TPSA) is 26.3 Å². The van der Waals surface area contributed by atoms with Gasteiger partial charge in [-0.1, -0.05) is 6.92 Å². The standard InChI is InChI=1S/C9H14O2S/c1-6-4-8(6)9(10)11-7-2-3-12-5-7/h6-8H,2-5H2,1H3. The Labute approximate surface area is 77.0 Å². The average molecular weight is 186 g/mol. The smallest absolute Gasteiger partial charge is 0.309 e. The van der Waals surface area contributed by atoms with E-state index in [4.69, 9.17) is 4.74 Å². The third-order valence-corrected chi connectivity index (χ3v) is 3.71. The van der Waals surface area contributed by atoms with E-state index in [9.17, 15) is 4.79 Å². The Balaban J connectivity index is 1.75. The summed E-state index contributed by atoms with van der Waals surface area (Å²) in [6.45, 7) is 2.11. The molecule has 0 aromatic carbocycles. The van der Waals surface area contributed by atoms with Crippen LogP contribution in [-0.2, 0) is 9.53 Å². The Morgan fingerprint density at radius 2 is 2.33 bits per heavy atom. The summed E-state index contributed by atoms with van der Waals surface area (Å²) in [6.07, 6.45) is 2.31. The predicted octanol–water partition coefficient (Wildman–Crippen LogP) is 1.69. The largest absolute Gasteiger partial charge is 0.461 e. The van der Waals surface area contributed by atoms with Crippen LogP contribution >= 0.6 is 11.8 Å². The highest BCUT2D eigenvalue weighted by molar-refractivity contribution is 7.99. The molecule has 1 saturated carbocycles. The minimum Gasteiger partial charge on any atom is -0.461 e. The second-order valence-corrected chi connectivity index (χ2v) is 4.89. The monoisotopic (exact) mass is 186 g/mol. The Bertz CT molecular complexity index is 187. The first-order valence-electron chi connectivity index (χ1n) is 4.55. The summed E-state index contributed by atoms with van der Waals surface area (Å²) in [7, 11) is 0. The number of carbonyl (C=O) groups is 1. The lowest BCUT2D eigenvalue weighted by molar-refractivity contribution is -0.149. The Hall–Kier alpha value is -0.180. The van der Waals surface area contributed by atoms with Gasteiger partial charge in [-0.15, -0.1) is 0 Å². The third-order valence-electron chi connectivity index (χ3n) is 2.58. The fourth-order valence-corrected chi connectivity index (χ4v) is 2.60. The van der Waals surface area contributed by atoms with Crippen molar-refractivity contribution in [2.75, 3.05) is 11.5 Å². The molecule has 2 aliphatic rings. The van der Waals surface area contributed by atoms with Crippen molar-refractivity contribution in [1.82, 2.24) is 0 Å². The van der Waals surface area contributed by atoms with Gasteiger partial charge in [-0.2, -0.15) is 11.8 Å². The van der Waals surface area contributed by atoms with E-state index >= 15 is 0 Å². The predicted molar refractivity (Wildman–Crippen MR) is 49.1 cm³/mol. The van der Waals surface area contributed by atoms with Gasteiger partial charge in [0.05, 0.1) is 5.92 Å². The minimum absolute atomic E-state index is 0.0509. The van der Waals surface area contributed by atoms with Crippen molar-refractivity contribution < 1.29 is 9.53 Å². The molecule has 68 valence electrons. The van der Waals surface area contributed by atoms with Crippen LogP contribution in [0.1, 0.15) is 19.8 Å². The molecule has 12 heavy (non-hydrogen) atoms. The summed E-state index contributed by atoms with van der Waals surface area (Å²) < 4.78 is 5.35. The van der Waals surface area contributed by atoms with Crippen LogP contribution in [0.4, 0.5) is 0 Å². The molecule has 2 rings (SSSR count). The highest BCUT2D eigenvalue weighted by atomic mass is 32.2. The van der Waals surface area contributed by atoms with Gasteiger partial charge in [0.15, 0.2) is 0 Å². The molecular formula is C9H14O2S. The van der Waals surface area contributed by atoms with Gasteiger partial charge in [-0.05, 0) is 24.5 Å². The molecule has 1 aliphatic carbocycles. The molecule has 1 saturated heterocycles. The second kappa shape index (κ2) is 3.29. The molecule has 0 bridgehead atoms. The van der Waals surface area contributed by atoms with Gasteiger partial charge in [0.25, 0.3) is 0 Å². The lowest BCUT2D eigenvalue weighted by Crippen LogP contribution is -2.18. The first-order valence-corrected chi connectivity index (χ1v) is 5.71. The van der Waals surface area contributed by atoms with E-state index in [0.29, 0.717) is 5.92 Å². The quantitative estimate of drug-likeness (QED) is 0.614. The van der Waals surface area contributed by atoms with Gasteiger partial charge in [-0.25, -0.2) is 0 Å². The van der Waals surface area contributed by atoms with Crippen molar-refractivity contribution in [3.8, 4) is 0 Å². The van der Waals surface area contributed by atoms with Crippen LogP contribution < -0.4 is 0 Å². The molecule has 0 spiro atoms. The van der Waals surface area contributed by atoms with Gasteiger partial charge in [-0.3, -0.25) is 4.79 Å². The maximum Gasteiger partial charge on any atom is 0.309 e. The molecule has 0 radical (unpaired) electrons. The van der Waals surface area contributed by atoms with Crippen LogP contribution in [-0.4, -0.2) is 23.6 Å². The molecule has 0 amide bonds. The second-order valence-electron chi connectivity index (χ2n) is 3.74. The number of hydrogen-bond donors (Lipinski definition) is 0. The van der Waals surface area contributed by atoms with Gasteiger partial charge in [0.1, 0.15) is 6.10 Å². The zero-order chi connectivity index (χ0) is 8.55. The molecule has 3 unspecified atom stereocenters. The van der Waals surface area contributed by atoms with E-state index in [-0.39, 0.29) is 18.0 Å². The van der Waals surface area contributed by atoms with Gasteiger partial charge >= 0.3 is 5.97 Å². The first-order chi connectivity index (χ1) is 5.77. The van der Waals surface area contributed by atoms with Crippen molar-refractivity contribution in [3.05, 3.63) is 0 Å². The summed E-state index contributed by atoms with van der Waals surface area (Å²) >= 11 is 1.88. The van der Waals surface area contributed by atoms with E-state index in [1.807, 2.05) is 11.8 Å². The lowest BCUT2D eigenvalue weighted by atomic mass is 10.3. The molecule has 2 fully saturated rings. The first kappa shape index (κ1) is 8.42. The number of rotatable bonds is 2. The van der Waals surface area contributed by atoms with Crippen LogP contribution in [0.5, 0.6) is 0 Å². The van der Waals surface area contributed by atoms with Crippen molar-refractivity contribution >= 4 is 17.7 Å². The number of ether oxygens (including phenoxy) is 1. The molecule has 1 heterocycles. The Morgan fingerprint density at radius 1 is 1.58 bits per heavy atom. The molecule has 0 N–H and O–H groups in total. The Kier molecular flexibility index (Phi) is 2.31. The zero-order valence-corrected chi connectivity index (χ0v) is 8.10. The maximum absolute atomic E-state index is 11.3. The minimum atomic E-state index is 0.0509. The van der Waals surface area contributed by atoms with Crippen LogP contribution in [0.25, 0.3) is 0 Å². The van der Waals surface area contributed by atoms with E-state index in [1.165, 1.54) is 0 Å². The van der Waals surface area contributed by atoms with Gasteiger partial charge in [0, 0.05) is 5.75 Å². The summed E-state index contributed by atoms with van der Waals surface area (Å²) in [6, 6.07) is 0. The zero-order valence-electron chi connectivity index (χ0n) is 7.29.